The highest BCUT2D eigenvalue weighted by Gasteiger charge is 2.18. The molecule has 0 aliphatic rings. The van der Waals surface area contributed by atoms with Crippen LogP contribution in [0.25, 0.3) is 27.9 Å². The zero-order valence-electron chi connectivity index (χ0n) is 16.8. The molecule has 5 aromatic rings. The topological polar surface area (TPSA) is 76.6 Å². The molecule has 6 heteroatoms. The maximum atomic E-state index is 13.0. The number of hydrogen-bond donors (Lipinski definition) is 1. The maximum absolute atomic E-state index is 13.0. The summed E-state index contributed by atoms with van der Waals surface area (Å²) in [7, 11) is 0. The quantitative estimate of drug-likeness (QED) is 0.479. The first kappa shape index (κ1) is 18.8. The Balaban J connectivity index is 1.52. The van der Waals surface area contributed by atoms with Crippen LogP contribution in [0.15, 0.2) is 88.3 Å². The first-order chi connectivity index (χ1) is 15.1. The predicted octanol–water partition coefficient (Wildman–Crippen LogP) is 4.35. The summed E-state index contributed by atoms with van der Waals surface area (Å²) in [6.07, 6.45) is 3.77. The molecular weight excluding hydrogens is 390 g/mol. The van der Waals surface area contributed by atoms with Gasteiger partial charge in [-0.2, -0.15) is 0 Å². The fourth-order valence-corrected chi connectivity index (χ4v) is 3.69. The number of para-hydroxylation sites is 1. The number of benzene rings is 2. The van der Waals surface area contributed by atoms with Crippen LogP contribution in [0.1, 0.15) is 21.6 Å². The molecule has 3 aromatic heterocycles. The van der Waals surface area contributed by atoms with Crippen LogP contribution in [-0.2, 0) is 6.54 Å². The Hall–Kier alpha value is -4.19. The van der Waals surface area contributed by atoms with Crippen LogP contribution >= 0.6 is 0 Å². The maximum Gasteiger partial charge on any atom is 0.255 e. The third-order valence-electron chi connectivity index (χ3n) is 5.27. The molecule has 0 fully saturated rings. The minimum absolute atomic E-state index is 0.143. The molecule has 0 spiro atoms. The van der Waals surface area contributed by atoms with Crippen LogP contribution in [-0.4, -0.2) is 15.3 Å². The van der Waals surface area contributed by atoms with E-state index in [4.69, 9.17) is 4.42 Å². The van der Waals surface area contributed by atoms with Crippen molar-refractivity contribution in [1.29, 1.82) is 0 Å². The van der Waals surface area contributed by atoms with Gasteiger partial charge >= 0.3 is 0 Å². The van der Waals surface area contributed by atoms with E-state index in [9.17, 15) is 9.59 Å². The highest BCUT2D eigenvalue weighted by Crippen LogP contribution is 2.27. The zero-order valence-corrected chi connectivity index (χ0v) is 16.8. The van der Waals surface area contributed by atoms with Gasteiger partial charge in [0.25, 0.3) is 5.91 Å². The molecule has 5 rings (SSSR count). The van der Waals surface area contributed by atoms with Crippen molar-refractivity contribution in [2.24, 2.45) is 0 Å². The second kappa shape index (κ2) is 7.57. The Bertz CT molecular complexity index is 1450. The van der Waals surface area contributed by atoms with Gasteiger partial charge in [-0.15, -0.1) is 0 Å². The average Bonchev–Trinajstić information content (AvgIpc) is 3.23. The lowest BCUT2D eigenvalue weighted by Crippen LogP contribution is -2.23. The van der Waals surface area contributed by atoms with Crippen molar-refractivity contribution in [2.45, 2.75) is 13.5 Å². The summed E-state index contributed by atoms with van der Waals surface area (Å²) in [6.45, 7) is 2.00. The SMILES string of the molecule is Cc1c(-c2ccccc2)oc2c(C(=O)NCc3cn4ccccc4n3)cccc2c1=O. The fraction of sp³-hybridized carbons (Fsp3) is 0.0800. The van der Waals surface area contributed by atoms with Crippen molar-refractivity contribution in [1.82, 2.24) is 14.7 Å². The third kappa shape index (κ3) is 3.38. The van der Waals surface area contributed by atoms with E-state index < -0.39 is 0 Å². The van der Waals surface area contributed by atoms with Gasteiger partial charge in [-0.25, -0.2) is 4.98 Å². The van der Waals surface area contributed by atoms with Crippen molar-refractivity contribution in [3.8, 4) is 11.3 Å². The van der Waals surface area contributed by atoms with Gasteiger partial charge in [0.1, 0.15) is 11.4 Å². The molecule has 2 aromatic carbocycles. The van der Waals surface area contributed by atoms with Gasteiger partial charge in [0.2, 0.25) is 0 Å². The van der Waals surface area contributed by atoms with Crippen LogP contribution in [0.3, 0.4) is 0 Å². The van der Waals surface area contributed by atoms with Gasteiger partial charge in [0.15, 0.2) is 11.0 Å². The number of pyridine rings is 1. The molecule has 0 saturated heterocycles. The lowest BCUT2D eigenvalue weighted by molar-refractivity contribution is 0.0951. The van der Waals surface area contributed by atoms with Crippen LogP contribution in [0, 0.1) is 6.92 Å². The number of fused-ring (bicyclic) bond motifs is 2. The Morgan fingerprint density at radius 3 is 2.65 bits per heavy atom. The number of carbonyl (C=O) groups is 1. The monoisotopic (exact) mass is 409 g/mol. The molecule has 0 radical (unpaired) electrons. The van der Waals surface area contributed by atoms with E-state index >= 15 is 0 Å². The van der Waals surface area contributed by atoms with Gasteiger partial charge < -0.3 is 14.1 Å². The highest BCUT2D eigenvalue weighted by molar-refractivity contribution is 6.05. The fourth-order valence-electron chi connectivity index (χ4n) is 3.69. The van der Waals surface area contributed by atoms with Crippen LogP contribution < -0.4 is 10.7 Å². The summed E-state index contributed by atoms with van der Waals surface area (Å²) in [6, 6.07) is 20.2. The third-order valence-corrected chi connectivity index (χ3v) is 5.27. The van der Waals surface area contributed by atoms with Crippen molar-refractivity contribution >= 4 is 22.5 Å². The molecule has 31 heavy (non-hydrogen) atoms. The molecule has 152 valence electrons. The van der Waals surface area contributed by atoms with Gasteiger partial charge in [-0.05, 0) is 31.2 Å². The Morgan fingerprint density at radius 2 is 1.84 bits per heavy atom. The number of amides is 1. The van der Waals surface area contributed by atoms with Crippen LogP contribution in [0.5, 0.6) is 0 Å². The summed E-state index contributed by atoms with van der Waals surface area (Å²) < 4.78 is 8.03. The lowest BCUT2D eigenvalue weighted by atomic mass is 10.0. The number of nitrogens with zero attached hydrogens (tertiary/aromatic N) is 2. The summed E-state index contributed by atoms with van der Waals surface area (Å²) in [5.74, 6) is 0.146. The van der Waals surface area contributed by atoms with Crippen LogP contribution in [0.4, 0.5) is 0 Å². The van der Waals surface area contributed by atoms with E-state index in [2.05, 4.69) is 10.3 Å². The van der Waals surface area contributed by atoms with Crippen molar-refractivity contribution < 1.29 is 9.21 Å². The largest absolute Gasteiger partial charge is 0.455 e. The Kier molecular flexibility index (Phi) is 4.59. The number of nitrogens with one attached hydrogen (secondary N) is 1. The molecule has 0 bridgehead atoms. The summed E-state index contributed by atoms with van der Waals surface area (Å²) in [4.78, 5) is 30.4. The molecule has 6 nitrogen and oxygen atoms in total. The molecule has 1 amide bonds. The molecule has 3 heterocycles. The van der Waals surface area contributed by atoms with E-state index in [1.165, 1.54) is 0 Å². The molecule has 0 aliphatic heterocycles. The normalized spacial score (nSPS) is 11.1. The van der Waals surface area contributed by atoms with E-state index in [0.29, 0.717) is 22.3 Å². The van der Waals surface area contributed by atoms with E-state index in [0.717, 1.165) is 16.9 Å². The Labute approximate surface area is 177 Å². The summed E-state index contributed by atoms with van der Waals surface area (Å²) in [5, 5.41) is 3.27. The Morgan fingerprint density at radius 1 is 1.03 bits per heavy atom. The second-order valence-corrected chi connectivity index (χ2v) is 7.31. The number of carbonyl (C=O) groups excluding carboxylic acids is 1. The van der Waals surface area contributed by atoms with E-state index in [1.54, 1.807) is 25.1 Å². The summed E-state index contributed by atoms with van der Waals surface area (Å²) >= 11 is 0. The van der Waals surface area contributed by atoms with E-state index in [-0.39, 0.29) is 23.5 Å². The first-order valence-corrected chi connectivity index (χ1v) is 9.94. The number of rotatable bonds is 4. The molecular formula is C25H19N3O3. The number of hydrogen-bond acceptors (Lipinski definition) is 4. The second-order valence-electron chi connectivity index (χ2n) is 7.31. The van der Waals surface area contributed by atoms with Gasteiger partial charge in [-0.3, -0.25) is 9.59 Å². The minimum Gasteiger partial charge on any atom is -0.455 e. The van der Waals surface area contributed by atoms with Gasteiger partial charge in [0.05, 0.1) is 23.2 Å². The van der Waals surface area contributed by atoms with Crippen molar-refractivity contribution in [3.05, 3.63) is 106 Å². The van der Waals surface area contributed by atoms with Gasteiger partial charge in [0, 0.05) is 23.5 Å². The zero-order chi connectivity index (χ0) is 21.4. The van der Waals surface area contributed by atoms with E-state index in [1.807, 2.05) is 65.3 Å². The lowest BCUT2D eigenvalue weighted by Gasteiger charge is -2.10. The molecule has 1 N–H and O–H groups in total. The van der Waals surface area contributed by atoms with Crippen molar-refractivity contribution in [2.75, 3.05) is 0 Å². The highest BCUT2D eigenvalue weighted by atomic mass is 16.3. The molecule has 0 atom stereocenters. The standard InChI is InChI=1S/C25H19N3O3/c1-16-22(29)19-10-7-11-20(24(19)31-23(16)17-8-3-2-4-9-17)25(30)26-14-18-15-28-13-6-5-12-21(28)27-18/h2-13,15H,14H2,1H3,(H,26,30). The van der Waals surface area contributed by atoms with Gasteiger partial charge in [-0.1, -0.05) is 42.5 Å². The molecule has 0 unspecified atom stereocenters. The summed E-state index contributed by atoms with van der Waals surface area (Å²) in [5.41, 5.74) is 3.31. The smallest absolute Gasteiger partial charge is 0.255 e. The predicted molar refractivity (Wildman–Crippen MR) is 119 cm³/mol. The molecule has 0 aliphatic carbocycles. The molecule has 0 saturated carbocycles. The van der Waals surface area contributed by atoms with Crippen molar-refractivity contribution in [3.63, 3.8) is 0 Å². The van der Waals surface area contributed by atoms with Crippen LogP contribution in [0.2, 0.25) is 0 Å². The first-order valence-electron chi connectivity index (χ1n) is 9.94. The minimum atomic E-state index is -0.325. The average molecular weight is 409 g/mol. The number of aromatic nitrogens is 2. The number of imidazole rings is 1.